The zero-order chi connectivity index (χ0) is 15.1. The van der Waals surface area contributed by atoms with E-state index in [1.54, 1.807) is 6.92 Å². The Balaban J connectivity index is 1.67. The number of hydrogen-bond donors (Lipinski definition) is 1. The number of benzene rings is 1. The molecule has 0 radical (unpaired) electrons. The molecule has 112 valence electrons. The maximum atomic E-state index is 11.5. The Bertz CT molecular complexity index is 572. The van der Waals surface area contributed by atoms with E-state index in [4.69, 9.17) is 20.8 Å². The van der Waals surface area contributed by atoms with Gasteiger partial charge in [0.15, 0.2) is 0 Å². The van der Waals surface area contributed by atoms with Gasteiger partial charge in [0, 0.05) is 13.0 Å². The fraction of sp³-hybridized carbons (Fsp3) is 0.357. The predicted octanol–water partition coefficient (Wildman–Crippen LogP) is 2.84. The van der Waals surface area contributed by atoms with Gasteiger partial charge in [0.2, 0.25) is 11.8 Å². The van der Waals surface area contributed by atoms with Crippen molar-refractivity contribution in [1.29, 1.82) is 0 Å². The van der Waals surface area contributed by atoms with Crippen LogP contribution in [-0.4, -0.2) is 22.8 Å². The molecule has 21 heavy (non-hydrogen) atoms. The van der Waals surface area contributed by atoms with Crippen molar-refractivity contribution >= 4 is 17.7 Å². The summed E-state index contributed by atoms with van der Waals surface area (Å²) in [6.07, 6.45) is -0.0545. The van der Waals surface area contributed by atoms with Crippen LogP contribution < -0.4 is 5.32 Å². The zero-order valence-corrected chi connectivity index (χ0v) is 12.3. The molecule has 1 heterocycles. The molecule has 1 unspecified atom stereocenters. The molecule has 1 N–H and O–H groups in total. The smallest absolute Gasteiger partial charge is 0.407 e. The first-order chi connectivity index (χ1) is 10.1. The Labute approximate surface area is 127 Å². The molecule has 2 aromatic rings. The van der Waals surface area contributed by atoms with E-state index >= 15 is 0 Å². The molecule has 0 bridgehead atoms. The van der Waals surface area contributed by atoms with Crippen molar-refractivity contribution in [1.82, 2.24) is 15.5 Å². The summed E-state index contributed by atoms with van der Waals surface area (Å²) < 4.78 is 10.4. The number of alkyl carbamates (subject to hydrolysis) is 1. The van der Waals surface area contributed by atoms with E-state index in [2.05, 4.69) is 15.5 Å². The molecule has 2 rings (SSSR count). The lowest BCUT2D eigenvalue weighted by atomic mass is 10.2. The average molecular weight is 310 g/mol. The fourth-order valence-corrected chi connectivity index (χ4v) is 1.66. The van der Waals surface area contributed by atoms with Crippen LogP contribution >= 0.6 is 11.6 Å². The molecule has 0 saturated carbocycles. The first-order valence-corrected chi connectivity index (χ1v) is 6.99. The van der Waals surface area contributed by atoms with Gasteiger partial charge in [-0.05, 0) is 12.5 Å². The number of rotatable bonds is 6. The van der Waals surface area contributed by atoms with Gasteiger partial charge in [-0.3, -0.25) is 0 Å². The van der Waals surface area contributed by atoms with Crippen LogP contribution in [0.2, 0.25) is 0 Å². The lowest BCUT2D eigenvalue weighted by molar-refractivity contribution is 0.139. The second-order valence-corrected chi connectivity index (χ2v) is 5.04. The van der Waals surface area contributed by atoms with Gasteiger partial charge in [-0.1, -0.05) is 30.3 Å². The van der Waals surface area contributed by atoms with Crippen LogP contribution in [0, 0.1) is 0 Å². The SMILES string of the molecule is CC(Cl)c1nnc(CCNC(=O)OCc2ccccc2)o1. The van der Waals surface area contributed by atoms with Gasteiger partial charge in [-0.25, -0.2) is 4.79 Å². The van der Waals surface area contributed by atoms with Crippen molar-refractivity contribution in [3.8, 4) is 0 Å². The third-order valence-electron chi connectivity index (χ3n) is 2.64. The van der Waals surface area contributed by atoms with E-state index < -0.39 is 6.09 Å². The largest absolute Gasteiger partial charge is 0.445 e. The predicted molar refractivity (Wildman–Crippen MR) is 76.9 cm³/mol. The summed E-state index contributed by atoms with van der Waals surface area (Å²) in [6, 6.07) is 9.47. The van der Waals surface area contributed by atoms with Crippen LogP contribution in [0.15, 0.2) is 34.7 Å². The zero-order valence-electron chi connectivity index (χ0n) is 11.6. The molecule has 0 aliphatic rings. The molecule has 1 aromatic heterocycles. The van der Waals surface area contributed by atoms with Crippen LogP contribution in [0.25, 0.3) is 0 Å². The minimum atomic E-state index is -0.482. The van der Waals surface area contributed by atoms with Crippen molar-refractivity contribution in [3.63, 3.8) is 0 Å². The first kappa shape index (κ1) is 15.3. The summed E-state index contributed by atoms with van der Waals surface area (Å²) >= 11 is 5.81. The summed E-state index contributed by atoms with van der Waals surface area (Å²) in [7, 11) is 0. The number of carbonyl (C=O) groups is 1. The van der Waals surface area contributed by atoms with Crippen molar-refractivity contribution < 1.29 is 13.9 Å². The summed E-state index contributed by atoms with van der Waals surface area (Å²) in [5.41, 5.74) is 0.935. The highest BCUT2D eigenvalue weighted by Crippen LogP contribution is 2.17. The Morgan fingerprint density at radius 1 is 1.38 bits per heavy atom. The molecule has 0 fully saturated rings. The number of alkyl halides is 1. The molecule has 0 saturated heterocycles. The molecule has 0 aliphatic heterocycles. The highest BCUT2D eigenvalue weighted by Gasteiger charge is 2.11. The molecule has 6 nitrogen and oxygen atoms in total. The van der Waals surface area contributed by atoms with Crippen molar-refractivity contribution in [2.24, 2.45) is 0 Å². The number of nitrogens with one attached hydrogen (secondary N) is 1. The minimum Gasteiger partial charge on any atom is -0.445 e. The number of carbonyl (C=O) groups excluding carboxylic acids is 1. The molecule has 1 amide bonds. The number of amides is 1. The quantitative estimate of drug-likeness (QED) is 0.830. The lowest BCUT2D eigenvalue weighted by Crippen LogP contribution is -2.26. The molecule has 7 heteroatoms. The third kappa shape index (κ3) is 5.07. The van der Waals surface area contributed by atoms with Crippen molar-refractivity contribution in [3.05, 3.63) is 47.7 Å². The maximum absolute atomic E-state index is 11.5. The lowest BCUT2D eigenvalue weighted by Gasteiger charge is -2.05. The highest BCUT2D eigenvalue weighted by atomic mass is 35.5. The minimum absolute atomic E-state index is 0.237. The van der Waals surface area contributed by atoms with Gasteiger partial charge in [0.1, 0.15) is 12.0 Å². The Morgan fingerprint density at radius 2 is 2.14 bits per heavy atom. The normalized spacial score (nSPS) is 11.9. The number of aromatic nitrogens is 2. The average Bonchev–Trinajstić information content (AvgIpc) is 2.95. The summed E-state index contributed by atoms with van der Waals surface area (Å²) in [6.45, 7) is 2.34. The van der Waals surface area contributed by atoms with E-state index in [-0.39, 0.29) is 12.0 Å². The van der Waals surface area contributed by atoms with Gasteiger partial charge in [-0.15, -0.1) is 21.8 Å². The summed E-state index contributed by atoms with van der Waals surface area (Å²) in [5, 5.41) is 9.93. The Kier molecular flexibility index (Phi) is 5.57. The van der Waals surface area contributed by atoms with Gasteiger partial charge >= 0.3 is 6.09 Å². The Morgan fingerprint density at radius 3 is 2.81 bits per heavy atom. The van der Waals surface area contributed by atoms with Crippen LogP contribution in [0.4, 0.5) is 4.79 Å². The number of halogens is 1. The second-order valence-electron chi connectivity index (χ2n) is 4.39. The van der Waals surface area contributed by atoms with Gasteiger partial charge in [-0.2, -0.15) is 0 Å². The van der Waals surface area contributed by atoms with E-state index in [1.165, 1.54) is 0 Å². The standard InChI is InChI=1S/C14H16ClN3O3/c1-10(15)13-18-17-12(21-13)7-8-16-14(19)20-9-11-5-3-2-4-6-11/h2-6,10H,7-9H2,1H3,(H,16,19). The molecular formula is C14H16ClN3O3. The fourth-order valence-electron chi connectivity index (χ4n) is 1.57. The topological polar surface area (TPSA) is 77.2 Å². The summed E-state index contributed by atoms with van der Waals surface area (Å²) in [4.78, 5) is 11.5. The van der Waals surface area contributed by atoms with E-state index in [0.29, 0.717) is 24.7 Å². The molecule has 1 atom stereocenters. The summed E-state index contributed by atoms with van der Waals surface area (Å²) in [5.74, 6) is 0.805. The second kappa shape index (κ2) is 7.64. The monoisotopic (exact) mass is 309 g/mol. The highest BCUT2D eigenvalue weighted by molar-refractivity contribution is 6.20. The van der Waals surface area contributed by atoms with Crippen LogP contribution in [-0.2, 0) is 17.8 Å². The molecule has 0 spiro atoms. The maximum Gasteiger partial charge on any atom is 0.407 e. The number of nitrogens with zero attached hydrogens (tertiary/aromatic N) is 2. The molecule has 1 aromatic carbocycles. The van der Waals surface area contributed by atoms with Crippen LogP contribution in [0.5, 0.6) is 0 Å². The third-order valence-corrected chi connectivity index (χ3v) is 2.83. The van der Waals surface area contributed by atoms with Gasteiger partial charge in [0.05, 0.1) is 0 Å². The van der Waals surface area contributed by atoms with Crippen LogP contribution in [0.1, 0.15) is 29.6 Å². The first-order valence-electron chi connectivity index (χ1n) is 6.56. The van der Waals surface area contributed by atoms with E-state index in [9.17, 15) is 4.79 Å². The molecular weight excluding hydrogens is 294 g/mol. The van der Waals surface area contributed by atoms with Gasteiger partial charge < -0.3 is 14.5 Å². The van der Waals surface area contributed by atoms with Gasteiger partial charge in [0.25, 0.3) is 0 Å². The van der Waals surface area contributed by atoms with Crippen molar-refractivity contribution in [2.75, 3.05) is 6.54 Å². The number of ether oxygens (including phenoxy) is 1. The Hall–Kier alpha value is -2.08. The number of hydrogen-bond acceptors (Lipinski definition) is 5. The van der Waals surface area contributed by atoms with E-state index in [1.807, 2.05) is 30.3 Å². The van der Waals surface area contributed by atoms with Crippen LogP contribution in [0.3, 0.4) is 0 Å². The molecule has 0 aliphatic carbocycles. The van der Waals surface area contributed by atoms with Crippen molar-refractivity contribution in [2.45, 2.75) is 25.3 Å². The van der Waals surface area contributed by atoms with E-state index in [0.717, 1.165) is 5.56 Å².